The lowest BCUT2D eigenvalue weighted by Gasteiger charge is -2.35. The summed E-state index contributed by atoms with van der Waals surface area (Å²) in [4.78, 5) is 2.32. The van der Waals surface area contributed by atoms with Crippen LogP contribution < -0.4 is 10.2 Å². The quantitative estimate of drug-likeness (QED) is 0.869. The monoisotopic (exact) mass is 342 g/mol. The minimum Gasteiger partial charge on any atom is -0.387 e. The van der Waals surface area contributed by atoms with E-state index in [2.05, 4.69) is 10.2 Å². The molecular formula is C21H27FN2O. The molecule has 2 aromatic rings. The molecule has 4 heteroatoms. The topological polar surface area (TPSA) is 35.5 Å². The zero-order valence-corrected chi connectivity index (χ0v) is 15.0. The van der Waals surface area contributed by atoms with Gasteiger partial charge in [-0.15, -0.1) is 0 Å². The van der Waals surface area contributed by atoms with Crippen LogP contribution >= 0.6 is 0 Å². The lowest BCUT2D eigenvalue weighted by molar-refractivity contribution is 0.166. The van der Waals surface area contributed by atoms with Crippen molar-refractivity contribution < 1.29 is 9.50 Å². The van der Waals surface area contributed by atoms with Gasteiger partial charge in [-0.3, -0.25) is 0 Å². The molecule has 1 aliphatic rings. The molecule has 0 bridgehead atoms. The number of hydrogen-bond donors (Lipinski definition) is 2. The summed E-state index contributed by atoms with van der Waals surface area (Å²) in [5, 5.41) is 13.9. The van der Waals surface area contributed by atoms with E-state index in [1.165, 1.54) is 6.07 Å². The Labute approximate surface area is 149 Å². The second-order valence-electron chi connectivity index (χ2n) is 6.97. The summed E-state index contributed by atoms with van der Waals surface area (Å²) in [6.07, 6.45) is 1.58. The number of benzene rings is 2. The highest BCUT2D eigenvalue weighted by Crippen LogP contribution is 2.25. The fourth-order valence-electron chi connectivity index (χ4n) is 3.65. The Hall–Kier alpha value is -1.91. The summed E-state index contributed by atoms with van der Waals surface area (Å²) in [5.74, 6) is -0.178. The second-order valence-corrected chi connectivity index (χ2v) is 6.97. The first kappa shape index (κ1) is 17.9. The molecule has 0 aliphatic carbocycles. The Bertz CT molecular complexity index is 711. The largest absolute Gasteiger partial charge is 0.387 e. The van der Waals surface area contributed by atoms with Crippen molar-refractivity contribution in [3.63, 3.8) is 0 Å². The molecule has 25 heavy (non-hydrogen) atoms. The fourth-order valence-corrected chi connectivity index (χ4v) is 3.65. The zero-order chi connectivity index (χ0) is 17.8. The highest BCUT2D eigenvalue weighted by Gasteiger charge is 2.21. The Morgan fingerprint density at radius 2 is 1.84 bits per heavy atom. The molecule has 2 aromatic carbocycles. The maximum atomic E-state index is 13.3. The number of hydrogen-bond acceptors (Lipinski definition) is 3. The highest BCUT2D eigenvalue weighted by atomic mass is 19.1. The molecule has 1 heterocycles. The van der Waals surface area contributed by atoms with Crippen molar-refractivity contribution in [1.82, 2.24) is 5.32 Å². The third-order valence-electron chi connectivity index (χ3n) is 5.14. The minimum atomic E-state index is -0.474. The van der Waals surface area contributed by atoms with Crippen LogP contribution in [-0.4, -0.2) is 30.8 Å². The van der Waals surface area contributed by atoms with Crippen LogP contribution in [0.1, 0.15) is 35.6 Å². The van der Waals surface area contributed by atoms with Gasteiger partial charge in [-0.05, 0) is 61.6 Å². The maximum absolute atomic E-state index is 13.3. The Kier molecular flexibility index (Phi) is 5.71. The zero-order valence-electron chi connectivity index (χ0n) is 15.0. The Morgan fingerprint density at radius 1 is 1.12 bits per heavy atom. The maximum Gasteiger partial charge on any atom is 0.123 e. The summed E-state index contributed by atoms with van der Waals surface area (Å²) in [5.41, 5.74) is 4.23. The SMILES string of the molecule is Cc1ccccc1C(O)CNC1CCN(c2ccc(F)cc2C)CC1. The number of anilines is 1. The van der Waals surface area contributed by atoms with Gasteiger partial charge < -0.3 is 15.3 Å². The summed E-state index contributed by atoms with van der Waals surface area (Å²) in [6, 6.07) is 13.4. The van der Waals surface area contributed by atoms with Crippen LogP contribution in [0, 0.1) is 19.7 Å². The number of aliphatic hydroxyl groups is 1. The molecule has 0 spiro atoms. The van der Waals surface area contributed by atoms with E-state index in [1.54, 1.807) is 6.07 Å². The Morgan fingerprint density at radius 3 is 2.52 bits per heavy atom. The molecule has 134 valence electrons. The molecule has 1 saturated heterocycles. The number of nitrogens with zero attached hydrogens (tertiary/aromatic N) is 1. The van der Waals surface area contributed by atoms with Crippen LogP contribution in [0.4, 0.5) is 10.1 Å². The predicted octanol–water partition coefficient (Wildman–Crippen LogP) is 3.73. The number of rotatable bonds is 5. The van der Waals surface area contributed by atoms with E-state index in [0.717, 1.165) is 48.3 Å². The van der Waals surface area contributed by atoms with Crippen molar-refractivity contribution in [2.45, 2.75) is 38.8 Å². The number of halogens is 1. The van der Waals surface area contributed by atoms with E-state index >= 15 is 0 Å². The average molecular weight is 342 g/mol. The van der Waals surface area contributed by atoms with Gasteiger partial charge in [0.15, 0.2) is 0 Å². The van der Waals surface area contributed by atoms with Crippen molar-refractivity contribution in [1.29, 1.82) is 0 Å². The molecule has 0 radical (unpaired) electrons. The summed E-state index contributed by atoms with van der Waals surface area (Å²) >= 11 is 0. The number of piperidine rings is 1. The molecule has 0 amide bonds. The molecular weight excluding hydrogens is 315 g/mol. The lowest BCUT2D eigenvalue weighted by atomic mass is 10.0. The van der Waals surface area contributed by atoms with E-state index in [4.69, 9.17) is 0 Å². The van der Waals surface area contributed by atoms with Gasteiger partial charge in [-0.1, -0.05) is 24.3 Å². The van der Waals surface area contributed by atoms with Crippen LogP contribution in [0.5, 0.6) is 0 Å². The fraction of sp³-hybridized carbons (Fsp3) is 0.429. The van der Waals surface area contributed by atoms with Crippen LogP contribution in [0.2, 0.25) is 0 Å². The van der Waals surface area contributed by atoms with Crippen molar-refractivity contribution in [3.05, 3.63) is 65.0 Å². The van der Waals surface area contributed by atoms with Crippen molar-refractivity contribution in [2.24, 2.45) is 0 Å². The third kappa shape index (κ3) is 4.39. The Balaban J connectivity index is 1.50. The molecule has 1 fully saturated rings. The molecule has 2 N–H and O–H groups in total. The standard InChI is InChI=1S/C21H27FN2O/c1-15-5-3-4-6-19(15)21(25)14-23-18-9-11-24(12-10-18)20-8-7-17(22)13-16(20)2/h3-8,13,18,21,23,25H,9-12,14H2,1-2H3. The van der Waals surface area contributed by atoms with Gasteiger partial charge in [0.05, 0.1) is 6.10 Å². The van der Waals surface area contributed by atoms with Crippen molar-refractivity contribution in [3.8, 4) is 0 Å². The van der Waals surface area contributed by atoms with E-state index in [0.29, 0.717) is 12.6 Å². The number of aliphatic hydroxyl groups excluding tert-OH is 1. The molecule has 0 aromatic heterocycles. The second kappa shape index (κ2) is 7.98. The van der Waals surface area contributed by atoms with E-state index in [-0.39, 0.29) is 5.82 Å². The molecule has 1 atom stereocenters. The van der Waals surface area contributed by atoms with Gasteiger partial charge in [-0.2, -0.15) is 0 Å². The lowest BCUT2D eigenvalue weighted by Crippen LogP contribution is -2.43. The molecule has 3 nitrogen and oxygen atoms in total. The summed E-state index contributed by atoms with van der Waals surface area (Å²) < 4.78 is 13.3. The van der Waals surface area contributed by atoms with Crippen LogP contribution in [-0.2, 0) is 0 Å². The summed E-state index contributed by atoms with van der Waals surface area (Å²) in [7, 11) is 0. The molecule has 3 rings (SSSR count). The first-order chi connectivity index (χ1) is 12.0. The normalized spacial score (nSPS) is 16.9. The molecule has 0 saturated carbocycles. The number of aryl methyl sites for hydroxylation is 2. The number of nitrogens with one attached hydrogen (secondary N) is 1. The smallest absolute Gasteiger partial charge is 0.123 e. The highest BCUT2D eigenvalue weighted by molar-refractivity contribution is 5.53. The van der Waals surface area contributed by atoms with Gasteiger partial charge in [0.1, 0.15) is 5.82 Å². The average Bonchev–Trinajstić information content (AvgIpc) is 2.61. The van der Waals surface area contributed by atoms with Gasteiger partial charge in [0.25, 0.3) is 0 Å². The van der Waals surface area contributed by atoms with Gasteiger partial charge >= 0.3 is 0 Å². The molecule has 1 aliphatic heterocycles. The first-order valence-electron chi connectivity index (χ1n) is 9.02. The van der Waals surface area contributed by atoms with E-state index in [9.17, 15) is 9.50 Å². The predicted molar refractivity (Wildman–Crippen MR) is 101 cm³/mol. The first-order valence-corrected chi connectivity index (χ1v) is 9.02. The summed E-state index contributed by atoms with van der Waals surface area (Å²) in [6.45, 7) is 6.46. The van der Waals surface area contributed by atoms with Crippen molar-refractivity contribution in [2.75, 3.05) is 24.5 Å². The van der Waals surface area contributed by atoms with Gasteiger partial charge in [0.2, 0.25) is 0 Å². The van der Waals surface area contributed by atoms with E-state index < -0.39 is 6.10 Å². The van der Waals surface area contributed by atoms with Crippen LogP contribution in [0.25, 0.3) is 0 Å². The minimum absolute atomic E-state index is 0.178. The molecule has 1 unspecified atom stereocenters. The van der Waals surface area contributed by atoms with Gasteiger partial charge in [-0.25, -0.2) is 4.39 Å². The van der Waals surface area contributed by atoms with Crippen LogP contribution in [0.15, 0.2) is 42.5 Å². The van der Waals surface area contributed by atoms with Crippen LogP contribution in [0.3, 0.4) is 0 Å². The third-order valence-corrected chi connectivity index (χ3v) is 5.14. The van der Waals surface area contributed by atoms with Crippen molar-refractivity contribution >= 4 is 5.69 Å². The van der Waals surface area contributed by atoms with Gasteiger partial charge in [0, 0.05) is 31.4 Å². The van der Waals surface area contributed by atoms with E-state index in [1.807, 2.05) is 44.2 Å².